The van der Waals surface area contributed by atoms with Crippen molar-refractivity contribution in [1.29, 1.82) is 0 Å². The van der Waals surface area contributed by atoms with Gasteiger partial charge in [-0.25, -0.2) is 4.39 Å². The smallest absolute Gasteiger partial charge is 0.169 e. The Morgan fingerprint density at radius 2 is 2.06 bits per heavy atom. The van der Waals surface area contributed by atoms with Crippen molar-refractivity contribution in [1.82, 2.24) is 0 Å². The quantitative estimate of drug-likeness (QED) is 0.891. The van der Waals surface area contributed by atoms with Crippen molar-refractivity contribution in [3.63, 3.8) is 0 Å². The Balaban J connectivity index is 2.21. The van der Waals surface area contributed by atoms with Gasteiger partial charge in [-0.05, 0) is 53.5 Å². The molecular formula is C13H13BrFNO. The maximum atomic E-state index is 13.6. The summed E-state index contributed by atoms with van der Waals surface area (Å²) in [4.78, 5) is 0. The van der Waals surface area contributed by atoms with Crippen LogP contribution >= 0.6 is 15.9 Å². The molecular weight excluding hydrogens is 285 g/mol. The number of furan rings is 1. The summed E-state index contributed by atoms with van der Waals surface area (Å²) < 4.78 is 19.7. The van der Waals surface area contributed by atoms with E-state index in [9.17, 15) is 4.39 Å². The van der Waals surface area contributed by atoms with E-state index in [0.717, 1.165) is 11.3 Å². The van der Waals surface area contributed by atoms with Crippen LogP contribution in [0.3, 0.4) is 0 Å². The highest BCUT2D eigenvalue weighted by Crippen LogP contribution is 2.26. The summed E-state index contributed by atoms with van der Waals surface area (Å²) in [6.45, 7) is 3.80. The molecule has 0 bridgehead atoms. The van der Waals surface area contributed by atoms with Gasteiger partial charge in [0.15, 0.2) is 4.67 Å². The van der Waals surface area contributed by atoms with E-state index in [0.29, 0.717) is 10.4 Å². The summed E-state index contributed by atoms with van der Waals surface area (Å²) >= 11 is 3.25. The summed E-state index contributed by atoms with van der Waals surface area (Å²) in [5, 5.41) is 3.12. The Labute approximate surface area is 108 Å². The largest absolute Gasteiger partial charge is 0.452 e. The standard InChI is InChI=1S/C13H13BrFNO/c1-8-4-3-5-10(15)13(8)16-9(2)11-6-7-12(14)17-11/h3-7,9,16H,1-2H3. The van der Waals surface area contributed by atoms with Crippen LogP contribution in [0.1, 0.15) is 24.3 Å². The third-order valence-electron chi connectivity index (χ3n) is 2.60. The molecule has 0 spiro atoms. The van der Waals surface area contributed by atoms with Crippen molar-refractivity contribution in [2.24, 2.45) is 0 Å². The summed E-state index contributed by atoms with van der Waals surface area (Å²) in [6, 6.07) is 8.61. The third-order valence-corrected chi connectivity index (χ3v) is 3.03. The maximum absolute atomic E-state index is 13.6. The summed E-state index contributed by atoms with van der Waals surface area (Å²) in [6.07, 6.45) is 0. The topological polar surface area (TPSA) is 25.2 Å². The van der Waals surface area contributed by atoms with E-state index < -0.39 is 0 Å². The van der Waals surface area contributed by atoms with Crippen LogP contribution in [-0.2, 0) is 0 Å². The lowest BCUT2D eigenvalue weighted by Crippen LogP contribution is -2.08. The number of para-hydroxylation sites is 1. The van der Waals surface area contributed by atoms with E-state index in [4.69, 9.17) is 4.42 Å². The number of hydrogen-bond donors (Lipinski definition) is 1. The summed E-state index contributed by atoms with van der Waals surface area (Å²) in [7, 11) is 0. The molecule has 0 saturated heterocycles. The van der Waals surface area contributed by atoms with E-state index in [2.05, 4.69) is 21.2 Å². The monoisotopic (exact) mass is 297 g/mol. The van der Waals surface area contributed by atoms with Gasteiger partial charge in [0.05, 0.1) is 11.7 Å². The number of aryl methyl sites for hydroxylation is 1. The highest BCUT2D eigenvalue weighted by atomic mass is 79.9. The van der Waals surface area contributed by atoms with Gasteiger partial charge in [0.2, 0.25) is 0 Å². The minimum absolute atomic E-state index is 0.0862. The summed E-state index contributed by atoms with van der Waals surface area (Å²) in [5.41, 5.74) is 1.40. The number of halogens is 2. The molecule has 90 valence electrons. The molecule has 0 aliphatic heterocycles. The zero-order valence-corrected chi connectivity index (χ0v) is 11.2. The Morgan fingerprint density at radius 3 is 2.65 bits per heavy atom. The molecule has 4 heteroatoms. The SMILES string of the molecule is Cc1cccc(F)c1NC(C)c1ccc(Br)o1. The van der Waals surface area contributed by atoms with Gasteiger partial charge in [0, 0.05) is 0 Å². The van der Waals surface area contributed by atoms with Crippen LogP contribution in [0.25, 0.3) is 0 Å². The first-order valence-electron chi connectivity index (χ1n) is 5.35. The Hall–Kier alpha value is -1.29. The molecule has 1 unspecified atom stereocenters. The molecule has 0 saturated carbocycles. The van der Waals surface area contributed by atoms with E-state index in [1.807, 2.05) is 32.0 Å². The molecule has 17 heavy (non-hydrogen) atoms. The molecule has 2 aromatic rings. The van der Waals surface area contributed by atoms with Gasteiger partial charge >= 0.3 is 0 Å². The van der Waals surface area contributed by atoms with Gasteiger partial charge in [0.1, 0.15) is 11.6 Å². The highest BCUT2D eigenvalue weighted by molar-refractivity contribution is 9.10. The molecule has 1 heterocycles. The molecule has 2 nitrogen and oxygen atoms in total. The van der Waals surface area contributed by atoms with E-state index >= 15 is 0 Å². The van der Waals surface area contributed by atoms with Crippen LogP contribution < -0.4 is 5.32 Å². The fraction of sp³-hybridized carbons (Fsp3) is 0.231. The van der Waals surface area contributed by atoms with E-state index in [1.54, 1.807) is 6.07 Å². The zero-order valence-electron chi connectivity index (χ0n) is 9.63. The van der Waals surface area contributed by atoms with Crippen molar-refractivity contribution in [3.8, 4) is 0 Å². The summed E-state index contributed by atoms with van der Waals surface area (Å²) in [5.74, 6) is 0.516. The molecule has 1 aromatic carbocycles. The first-order chi connectivity index (χ1) is 8.08. The van der Waals surface area contributed by atoms with Gasteiger partial charge in [-0.2, -0.15) is 0 Å². The van der Waals surface area contributed by atoms with E-state index in [-0.39, 0.29) is 11.9 Å². The van der Waals surface area contributed by atoms with E-state index in [1.165, 1.54) is 6.07 Å². The first kappa shape index (κ1) is 12.2. The minimum atomic E-state index is -0.248. The van der Waals surface area contributed by atoms with Crippen molar-refractivity contribution < 1.29 is 8.81 Å². The van der Waals surface area contributed by atoms with Gasteiger partial charge in [-0.1, -0.05) is 12.1 Å². The molecule has 0 fully saturated rings. The first-order valence-corrected chi connectivity index (χ1v) is 6.14. The molecule has 0 radical (unpaired) electrons. The fourth-order valence-electron chi connectivity index (χ4n) is 1.66. The van der Waals surface area contributed by atoms with Gasteiger partial charge in [-0.15, -0.1) is 0 Å². The number of rotatable bonds is 3. The average molecular weight is 298 g/mol. The minimum Gasteiger partial charge on any atom is -0.452 e. The second-order valence-electron chi connectivity index (χ2n) is 3.94. The Morgan fingerprint density at radius 1 is 1.29 bits per heavy atom. The van der Waals surface area contributed by atoms with Gasteiger partial charge < -0.3 is 9.73 Å². The number of nitrogens with one attached hydrogen (secondary N) is 1. The zero-order chi connectivity index (χ0) is 12.4. The second-order valence-corrected chi connectivity index (χ2v) is 4.72. The molecule has 1 aromatic heterocycles. The third kappa shape index (κ3) is 2.69. The van der Waals surface area contributed by atoms with Gasteiger partial charge in [0.25, 0.3) is 0 Å². The van der Waals surface area contributed by atoms with Crippen molar-refractivity contribution >= 4 is 21.6 Å². The number of anilines is 1. The average Bonchev–Trinajstić information content (AvgIpc) is 2.70. The van der Waals surface area contributed by atoms with Crippen LogP contribution in [0, 0.1) is 12.7 Å². The molecule has 2 rings (SSSR count). The maximum Gasteiger partial charge on any atom is 0.169 e. The lowest BCUT2D eigenvalue weighted by atomic mass is 10.1. The number of hydrogen-bond acceptors (Lipinski definition) is 2. The lowest BCUT2D eigenvalue weighted by Gasteiger charge is -2.15. The van der Waals surface area contributed by atoms with Gasteiger partial charge in [-0.3, -0.25) is 0 Å². The Kier molecular flexibility index (Phi) is 3.52. The Bertz CT molecular complexity index is 504. The molecule has 0 aliphatic carbocycles. The predicted molar refractivity (Wildman–Crippen MR) is 69.6 cm³/mol. The van der Waals surface area contributed by atoms with Crippen molar-refractivity contribution in [2.45, 2.75) is 19.9 Å². The van der Waals surface area contributed by atoms with Crippen molar-refractivity contribution in [2.75, 3.05) is 5.32 Å². The van der Waals surface area contributed by atoms with Crippen LogP contribution in [0.4, 0.5) is 10.1 Å². The number of benzene rings is 1. The molecule has 0 amide bonds. The van der Waals surface area contributed by atoms with Crippen LogP contribution in [0.5, 0.6) is 0 Å². The lowest BCUT2D eigenvalue weighted by molar-refractivity contribution is 0.470. The molecule has 0 aliphatic rings. The van der Waals surface area contributed by atoms with Crippen LogP contribution in [0.15, 0.2) is 39.4 Å². The highest BCUT2D eigenvalue weighted by Gasteiger charge is 2.13. The normalized spacial score (nSPS) is 12.5. The molecule has 1 atom stereocenters. The van der Waals surface area contributed by atoms with Crippen LogP contribution in [-0.4, -0.2) is 0 Å². The fourth-order valence-corrected chi connectivity index (χ4v) is 1.98. The van der Waals surface area contributed by atoms with Crippen LogP contribution in [0.2, 0.25) is 0 Å². The second kappa shape index (κ2) is 4.92. The molecule has 1 N–H and O–H groups in total. The predicted octanol–water partition coefficient (Wildman–Crippen LogP) is 4.66. The van der Waals surface area contributed by atoms with Crippen molar-refractivity contribution in [3.05, 3.63) is 52.1 Å².